The summed E-state index contributed by atoms with van der Waals surface area (Å²) in [6.07, 6.45) is 6.12. The molecule has 0 heterocycles. The Bertz CT molecular complexity index is 916. The van der Waals surface area contributed by atoms with E-state index in [0.29, 0.717) is 19.3 Å². The van der Waals surface area contributed by atoms with E-state index in [1.54, 1.807) is 13.2 Å². The second-order valence-electron chi connectivity index (χ2n) is 12.7. The fraction of sp³-hybridized carbons (Fsp3) is 0.828. The number of alkyl carbamates (subject to hydrolysis) is 2. The first-order valence-corrected chi connectivity index (χ1v) is 14.1. The first-order valence-electron chi connectivity index (χ1n) is 14.1. The van der Waals surface area contributed by atoms with E-state index >= 15 is 0 Å². The molecule has 2 bridgehead atoms. The predicted molar refractivity (Wildman–Crippen MR) is 140 cm³/mol. The Hall–Kier alpha value is -1.93. The fourth-order valence-corrected chi connectivity index (χ4v) is 8.42. The van der Waals surface area contributed by atoms with Crippen molar-refractivity contribution in [3.63, 3.8) is 0 Å². The second kappa shape index (κ2) is 10.3. The third-order valence-corrected chi connectivity index (χ3v) is 11.0. The van der Waals surface area contributed by atoms with Gasteiger partial charge >= 0.3 is 12.2 Å². The van der Waals surface area contributed by atoms with E-state index in [2.05, 4.69) is 32.7 Å². The van der Waals surface area contributed by atoms with Crippen LogP contribution in [0.15, 0.2) is 12.7 Å². The lowest BCUT2D eigenvalue weighted by molar-refractivity contribution is -0.188. The van der Waals surface area contributed by atoms with Gasteiger partial charge in [-0.2, -0.15) is 0 Å². The molecule has 0 aliphatic heterocycles. The largest absolute Gasteiger partial charge is 0.446 e. The maximum atomic E-state index is 14.0. The van der Waals surface area contributed by atoms with Crippen LogP contribution in [0.5, 0.6) is 0 Å². The van der Waals surface area contributed by atoms with Crippen LogP contribution in [0.3, 0.4) is 0 Å². The van der Waals surface area contributed by atoms with E-state index in [-0.39, 0.29) is 47.2 Å². The Kier molecular flexibility index (Phi) is 7.84. The van der Waals surface area contributed by atoms with E-state index in [9.17, 15) is 14.4 Å². The quantitative estimate of drug-likeness (QED) is 0.495. The van der Waals surface area contributed by atoms with Gasteiger partial charge in [-0.25, -0.2) is 14.9 Å². The molecule has 208 valence electrons. The van der Waals surface area contributed by atoms with E-state index in [4.69, 9.17) is 19.9 Å². The van der Waals surface area contributed by atoms with Gasteiger partial charge < -0.3 is 19.9 Å². The number of methoxy groups -OCH3 is 1. The average Bonchev–Trinajstić information content (AvgIpc) is 3.26. The highest BCUT2D eigenvalue weighted by molar-refractivity contribution is 5.90. The summed E-state index contributed by atoms with van der Waals surface area (Å²) in [5.41, 5.74) is 4.42. The Morgan fingerprint density at radius 3 is 2.27 bits per heavy atom. The molecule has 0 aromatic heterocycles. The number of imide groups is 1. The molecule has 2 unspecified atom stereocenters. The van der Waals surface area contributed by atoms with Crippen molar-refractivity contribution in [1.82, 2.24) is 5.32 Å². The molecular formula is C29H46N2O6. The maximum Gasteiger partial charge on any atom is 0.416 e. The van der Waals surface area contributed by atoms with Crippen molar-refractivity contribution in [2.45, 2.75) is 110 Å². The fourth-order valence-electron chi connectivity index (χ4n) is 8.42. The van der Waals surface area contributed by atoms with Gasteiger partial charge in [0.05, 0.1) is 6.10 Å². The molecule has 0 aromatic rings. The molecule has 8 heteroatoms. The lowest BCUT2D eigenvalue weighted by Crippen LogP contribution is -2.63. The van der Waals surface area contributed by atoms with Crippen LogP contribution in [0.4, 0.5) is 9.59 Å². The molecule has 2 amide bonds. The molecule has 37 heavy (non-hydrogen) atoms. The van der Waals surface area contributed by atoms with Gasteiger partial charge in [0.25, 0.3) is 0 Å². The summed E-state index contributed by atoms with van der Waals surface area (Å²) in [6, 6.07) is 0.133. The highest BCUT2D eigenvalue weighted by Crippen LogP contribution is 2.68. The Morgan fingerprint density at radius 1 is 1.03 bits per heavy atom. The monoisotopic (exact) mass is 518 g/mol. The molecule has 8 nitrogen and oxygen atoms in total. The number of carbonyl (C=O) groups excluding carboxylic acids is 3. The van der Waals surface area contributed by atoms with Crippen LogP contribution >= 0.6 is 0 Å². The third kappa shape index (κ3) is 4.73. The van der Waals surface area contributed by atoms with Crippen molar-refractivity contribution in [2.24, 2.45) is 39.7 Å². The van der Waals surface area contributed by atoms with Gasteiger partial charge in [-0.05, 0) is 69.6 Å². The van der Waals surface area contributed by atoms with Gasteiger partial charge in [0.1, 0.15) is 18.0 Å². The molecule has 4 saturated carbocycles. The number of ketones is 1. The summed E-state index contributed by atoms with van der Waals surface area (Å²) in [4.78, 5) is 39.6. The van der Waals surface area contributed by atoms with E-state index in [1.165, 1.54) is 0 Å². The summed E-state index contributed by atoms with van der Waals surface area (Å²) in [5, 5.41) is 2.28. The van der Waals surface area contributed by atoms with Crippen LogP contribution < -0.4 is 11.1 Å². The van der Waals surface area contributed by atoms with Gasteiger partial charge in [0, 0.05) is 42.2 Å². The lowest BCUT2D eigenvalue weighted by Gasteiger charge is -2.61. The minimum Gasteiger partial charge on any atom is -0.446 e. The van der Waals surface area contributed by atoms with Crippen molar-refractivity contribution in [3.05, 3.63) is 12.7 Å². The molecule has 4 aliphatic rings. The van der Waals surface area contributed by atoms with Crippen LogP contribution in [0.25, 0.3) is 0 Å². The summed E-state index contributed by atoms with van der Waals surface area (Å²) >= 11 is 0. The SMILES string of the molecule is C=C[C@]1(C)C[C@@H](OC(=O)NC(=O)OC2CCC(N)CC2)[C@]2(C)C(C)CC[C@]3(CC[C@@H](OC)C32)[C@@H](C)C1=O. The molecule has 0 radical (unpaired) electrons. The normalized spacial score (nSPS) is 45.7. The number of rotatable bonds is 4. The predicted octanol–water partition coefficient (Wildman–Crippen LogP) is 5.14. The van der Waals surface area contributed by atoms with E-state index < -0.39 is 29.1 Å². The van der Waals surface area contributed by atoms with Gasteiger partial charge in [-0.1, -0.05) is 26.8 Å². The summed E-state index contributed by atoms with van der Waals surface area (Å²) in [6.45, 7) is 12.4. The summed E-state index contributed by atoms with van der Waals surface area (Å²) < 4.78 is 17.6. The first-order chi connectivity index (χ1) is 17.4. The number of hydrogen-bond donors (Lipinski definition) is 2. The van der Waals surface area contributed by atoms with E-state index in [1.807, 2.05) is 6.92 Å². The molecule has 8 atom stereocenters. The zero-order chi connectivity index (χ0) is 27.2. The standard InChI is InChI=1S/C29H46N2O6/c1-7-27(4)16-22(37-26(34)31-25(33)36-20-10-8-19(30)9-11-20)28(5)17(2)12-14-29(18(3)24(27)32)15-13-21(35-6)23(28)29/h7,17-23H,1,8-16,30H2,2-6H3,(H,31,33,34)/t17?,18-,19?,20?,21+,22+,23?,27+,28-,29-/m0/s1. The number of hydrogen-bond acceptors (Lipinski definition) is 7. The van der Waals surface area contributed by atoms with E-state index in [0.717, 1.165) is 38.5 Å². The summed E-state index contributed by atoms with van der Waals surface area (Å²) in [7, 11) is 1.74. The van der Waals surface area contributed by atoms with Crippen LogP contribution in [-0.2, 0) is 19.0 Å². The highest BCUT2D eigenvalue weighted by Gasteiger charge is 2.68. The van der Waals surface area contributed by atoms with Crippen molar-refractivity contribution in [3.8, 4) is 0 Å². The van der Waals surface area contributed by atoms with Gasteiger partial charge in [-0.15, -0.1) is 6.58 Å². The zero-order valence-electron chi connectivity index (χ0n) is 23.2. The van der Waals surface area contributed by atoms with Crippen molar-refractivity contribution >= 4 is 18.0 Å². The minimum absolute atomic E-state index is 0.0205. The molecule has 4 aliphatic carbocycles. The summed E-state index contributed by atoms with van der Waals surface area (Å²) in [5.74, 6) is 0.274. The number of nitrogens with one attached hydrogen (secondary N) is 1. The zero-order valence-corrected chi connectivity index (χ0v) is 23.2. The van der Waals surface area contributed by atoms with Gasteiger partial charge in [-0.3, -0.25) is 4.79 Å². The maximum absolute atomic E-state index is 14.0. The van der Waals surface area contributed by atoms with Crippen molar-refractivity contribution in [1.29, 1.82) is 0 Å². The van der Waals surface area contributed by atoms with Crippen LogP contribution in [-0.4, -0.2) is 49.4 Å². The Morgan fingerprint density at radius 2 is 1.65 bits per heavy atom. The number of Topliss-reactive ketones (excluding diaryl/α,β-unsaturated/α-hetero) is 1. The molecule has 4 fully saturated rings. The number of allylic oxidation sites excluding steroid dienone is 1. The second-order valence-corrected chi connectivity index (χ2v) is 12.7. The van der Waals surface area contributed by atoms with Crippen LogP contribution in [0.2, 0.25) is 0 Å². The topological polar surface area (TPSA) is 117 Å². The van der Waals surface area contributed by atoms with Crippen LogP contribution in [0, 0.1) is 34.0 Å². The molecular weight excluding hydrogens is 472 g/mol. The Labute approximate surface area is 221 Å². The van der Waals surface area contributed by atoms with Gasteiger partial charge in [0.2, 0.25) is 0 Å². The highest BCUT2D eigenvalue weighted by atomic mass is 16.6. The third-order valence-electron chi connectivity index (χ3n) is 11.0. The number of carbonyl (C=O) groups is 3. The Balaban J connectivity index is 1.61. The molecule has 0 aromatic carbocycles. The van der Waals surface area contributed by atoms with Crippen LogP contribution in [0.1, 0.15) is 85.5 Å². The number of nitrogens with two attached hydrogens (primary N) is 1. The average molecular weight is 519 g/mol. The lowest BCUT2D eigenvalue weighted by atomic mass is 9.44. The van der Waals surface area contributed by atoms with Gasteiger partial charge in [0.15, 0.2) is 0 Å². The minimum atomic E-state index is -0.854. The molecule has 3 N–H and O–H groups in total. The smallest absolute Gasteiger partial charge is 0.416 e. The molecule has 0 spiro atoms. The molecule has 4 rings (SSSR count). The number of amides is 2. The van der Waals surface area contributed by atoms with Crippen molar-refractivity contribution in [2.75, 3.05) is 7.11 Å². The number of ether oxygens (including phenoxy) is 3. The van der Waals surface area contributed by atoms with Crippen molar-refractivity contribution < 1.29 is 28.6 Å². The molecule has 0 saturated heterocycles. The first kappa shape index (κ1) is 28.1.